The lowest BCUT2D eigenvalue weighted by molar-refractivity contribution is 0.558. The fourth-order valence-electron chi connectivity index (χ4n) is 3.74. The summed E-state index contributed by atoms with van der Waals surface area (Å²) in [7, 11) is 0. The molecule has 0 spiro atoms. The minimum absolute atomic E-state index is 0.274. The fraction of sp³-hybridized carbons (Fsp3) is 0.300. The number of para-hydroxylation sites is 1. The second-order valence-corrected chi connectivity index (χ2v) is 6.49. The number of aromatic amines is 1. The van der Waals surface area contributed by atoms with Gasteiger partial charge in [-0.25, -0.2) is 0 Å². The van der Waals surface area contributed by atoms with Gasteiger partial charge in [0.1, 0.15) is 0 Å². The van der Waals surface area contributed by atoms with E-state index >= 15 is 0 Å². The molecule has 0 radical (unpaired) electrons. The Balaban J connectivity index is 1.91. The topological polar surface area (TPSA) is 27.8 Å². The lowest BCUT2D eigenvalue weighted by atomic mass is 9.90. The van der Waals surface area contributed by atoms with Crippen molar-refractivity contribution in [2.24, 2.45) is 0 Å². The number of hydrogen-bond donors (Lipinski definition) is 2. The van der Waals surface area contributed by atoms with Gasteiger partial charge in [0, 0.05) is 23.1 Å². The van der Waals surface area contributed by atoms with Gasteiger partial charge in [-0.2, -0.15) is 0 Å². The molecule has 2 heteroatoms. The summed E-state index contributed by atoms with van der Waals surface area (Å²) in [5.74, 6) is 0. The van der Waals surface area contributed by atoms with Crippen LogP contribution in [0, 0.1) is 20.8 Å². The highest BCUT2D eigenvalue weighted by Gasteiger charge is 2.26. The lowest BCUT2D eigenvalue weighted by Crippen LogP contribution is -2.31. The monoisotopic (exact) mass is 290 g/mol. The quantitative estimate of drug-likeness (QED) is 0.686. The van der Waals surface area contributed by atoms with Crippen molar-refractivity contribution in [1.29, 1.82) is 0 Å². The van der Waals surface area contributed by atoms with Gasteiger partial charge >= 0.3 is 0 Å². The normalized spacial score (nSPS) is 17.7. The second kappa shape index (κ2) is 4.99. The molecule has 1 aliphatic heterocycles. The number of hydrogen-bond acceptors (Lipinski definition) is 1. The van der Waals surface area contributed by atoms with Gasteiger partial charge in [0.25, 0.3) is 0 Å². The van der Waals surface area contributed by atoms with Crippen molar-refractivity contribution in [2.75, 3.05) is 6.54 Å². The highest BCUT2D eigenvalue weighted by Crippen LogP contribution is 2.35. The smallest absolute Gasteiger partial charge is 0.0735 e. The molecule has 0 saturated heterocycles. The summed E-state index contributed by atoms with van der Waals surface area (Å²) >= 11 is 0. The molecule has 2 N–H and O–H groups in total. The number of rotatable bonds is 1. The van der Waals surface area contributed by atoms with Crippen molar-refractivity contribution >= 4 is 10.9 Å². The molecule has 0 bridgehead atoms. The molecule has 2 nitrogen and oxygen atoms in total. The Kier molecular flexibility index (Phi) is 3.08. The summed E-state index contributed by atoms with van der Waals surface area (Å²) in [6.45, 7) is 7.65. The molecule has 0 amide bonds. The Morgan fingerprint density at radius 1 is 0.955 bits per heavy atom. The summed E-state index contributed by atoms with van der Waals surface area (Å²) in [6.07, 6.45) is 1.10. The van der Waals surface area contributed by atoms with Gasteiger partial charge in [0.15, 0.2) is 0 Å². The third kappa shape index (κ3) is 1.98. The van der Waals surface area contributed by atoms with E-state index < -0.39 is 0 Å². The average molecular weight is 290 g/mol. The summed E-state index contributed by atoms with van der Waals surface area (Å²) < 4.78 is 0. The maximum absolute atomic E-state index is 3.71. The first kappa shape index (κ1) is 13.6. The van der Waals surface area contributed by atoms with Crippen molar-refractivity contribution < 1.29 is 0 Å². The molecule has 3 aromatic rings. The maximum Gasteiger partial charge on any atom is 0.0735 e. The average Bonchev–Trinajstić information content (AvgIpc) is 2.90. The van der Waals surface area contributed by atoms with E-state index in [0.717, 1.165) is 13.0 Å². The first-order valence-corrected chi connectivity index (χ1v) is 8.06. The van der Waals surface area contributed by atoms with Gasteiger partial charge < -0.3 is 10.3 Å². The Hall–Kier alpha value is -2.06. The van der Waals surface area contributed by atoms with E-state index in [1.165, 1.54) is 44.4 Å². The Bertz CT molecular complexity index is 858. The third-order valence-electron chi connectivity index (χ3n) is 5.05. The van der Waals surface area contributed by atoms with Gasteiger partial charge in [-0.15, -0.1) is 0 Å². The molecule has 1 unspecified atom stereocenters. The van der Waals surface area contributed by atoms with Crippen LogP contribution in [-0.4, -0.2) is 11.5 Å². The minimum atomic E-state index is 0.274. The highest BCUT2D eigenvalue weighted by atomic mass is 15.0. The molecule has 1 aliphatic rings. The molecule has 2 heterocycles. The second-order valence-electron chi connectivity index (χ2n) is 6.49. The van der Waals surface area contributed by atoms with Crippen LogP contribution in [0.3, 0.4) is 0 Å². The molecule has 0 saturated carbocycles. The van der Waals surface area contributed by atoms with Gasteiger partial charge in [-0.1, -0.05) is 30.3 Å². The highest BCUT2D eigenvalue weighted by molar-refractivity contribution is 5.85. The van der Waals surface area contributed by atoms with E-state index in [2.05, 4.69) is 67.5 Å². The molecule has 0 aliphatic carbocycles. The molecular formula is C20H22N2. The minimum Gasteiger partial charge on any atom is -0.357 e. The van der Waals surface area contributed by atoms with Crippen LogP contribution < -0.4 is 5.32 Å². The Morgan fingerprint density at radius 2 is 1.73 bits per heavy atom. The van der Waals surface area contributed by atoms with Crippen LogP contribution in [-0.2, 0) is 6.42 Å². The number of fused-ring (bicyclic) bond motifs is 3. The van der Waals surface area contributed by atoms with Crippen molar-refractivity contribution in [2.45, 2.75) is 33.2 Å². The number of aryl methyl sites for hydroxylation is 3. The van der Waals surface area contributed by atoms with Gasteiger partial charge in [-0.05, 0) is 61.1 Å². The van der Waals surface area contributed by atoms with Crippen molar-refractivity contribution in [3.05, 3.63) is 69.9 Å². The van der Waals surface area contributed by atoms with Crippen LogP contribution in [0.15, 0.2) is 36.4 Å². The number of H-pyrrole nitrogens is 1. The van der Waals surface area contributed by atoms with E-state index in [1.54, 1.807) is 0 Å². The van der Waals surface area contributed by atoms with E-state index in [-0.39, 0.29) is 6.04 Å². The number of aromatic nitrogens is 1. The molecular weight excluding hydrogens is 268 g/mol. The van der Waals surface area contributed by atoms with Crippen LogP contribution in [0.1, 0.15) is 39.6 Å². The van der Waals surface area contributed by atoms with Gasteiger partial charge in [0.2, 0.25) is 0 Å². The molecule has 1 atom stereocenters. The standard InChI is InChI=1S/C20H22N2/c1-12-10-14(3)17(11-13(12)2)19-20-16(8-9-21-19)15-6-4-5-7-18(15)22-20/h4-7,10-11,19,21-22H,8-9H2,1-3H3. The molecule has 22 heavy (non-hydrogen) atoms. The third-order valence-corrected chi connectivity index (χ3v) is 5.05. The van der Waals surface area contributed by atoms with Gasteiger partial charge in [-0.3, -0.25) is 0 Å². The zero-order valence-electron chi connectivity index (χ0n) is 13.5. The van der Waals surface area contributed by atoms with Crippen molar-refractivity contribution in [1.82, 2.24) is 10.3 Å². The summed E-state index contributed by atoms with van der Waals surface area (Å²) in [4.78, 5) is 3.66. The van der Waals surface area contributed by atoms with Crippen LogP contribution in [0.5, 0.6) is 0 Å². The fourth-order valence-corrected chi connectivity index (χ4v) is 3.74. The summed E-state index contributed by atoms with van der Waals surface area (Å²) in [5, 5.41) is 5.09. The zero-order chi connectivity index (χ0) is 15.3. The largest absolute Gasteiger partial charge is 0.357 e. The maximum atomic E-state index is 3.71. The predicted octanol–water partition coefficient (Wildman–Crippen LogP) is 4.33. The van der Waals surface area contributed by atoms with Crippen molar-refractivity contribution in [3.8, 4) is 0 Å². The summed E-state index contributed by atoms with van der Waals surface area (Å²) in [6, 6.07) is 13.6. The first-order valence-electron chi connectivity index (χ1n) is 8.06. The van der Waals surface area contributed by atoms with Gasteiger partial charge in [0.05, 0.1) is 6.04 Å². The van der Waals surface area contributed by atoms with Crippen LogP contribution >= 0.6 is 0 Å². The summed E-state index contributed by atoms with van der Waals surface area (Å²) in [5.41, 5.74) is 9.58. The predicted molar refractivity (Wildman–Crippen MR) is 92.5 cm³/mol. The van der Waals surface area contributed by atoms with E-state index in [1.807, 2.05) is 0 Å². The van der Waals surface area contributed by atoms with Crippen LogP contribution in [0.25, 0.3) is 10.9 Å². The molecule has 112 valence electrons. The Labute approximate surface area is 131 Å². The van der Waals surface area contributed by atoms with Crippen LogP contribution in [0.4, 0.5) is 0 Å². The Morgan fingerprint density at radius 3 is 2.59 bits per heavy atom. The number of nitrogens with one attached hydrogen (secondary N) is 2. The lowest BCUT2D eigenvalue weighted by Gasteiger charge is -2.27. The molecule has 2 aromatic carbocycles. The van der Waals surface area contributed by atoms with E-state index in [4.69, 9.17) is 0 Å². The number of benzene rings is 2. The SMILES string of the molecule is Cc1cc(C)c(C2NCCc3c2[nH]c2ccccc32)cc1C. The van der Waals surface area contributed by atoms with Crippen molar-refractivity contribution in [3.63, 3.8) is 0 Å². The van der Waals surface area contributed by atoms with E-state index in [9.17, 15) is 0 Å². The molecule has 1 aromatic heterocycles. The molecule has 4 rings (SSSR count). The van der Waals surface area contributed by atoms with Crippen LogP contribution in [0.2, 0.25) is 0 Å². The van der Waals surface area contributed by atoms with E-state index in [0.29, 0.717) is 0 Å². The first-order chi connectivity index (χ1) is 10.6. The zero-order valence-corrected chi connectivity index (χ0v) is 13.5. The molecule has 0 fully saturated rings.